The highest BCUT2D eigenvalue weighted by Gasteiger charge is 2.14. The molecule has 5 nitrogen and oxygen atoms in total. The Balaban J connectivity index is 1.81. The van der Waals surface area contributed by atoms with Crippen LogP contribution in [0.3, 0.4) is 0 Å². The van der Waals surface area contributed by atoms with Crippen molar-refractivity contribution >= 4 is 22.3 Å². The van der Waals surface area contributed by atoms with Crippen molar-refractivity contribution in [1.29, 1.82) is 0 Å². The topological polar surface area (TPSA) is 55.7 Å². The summed E-state index contributed by atoms with van der Waals surface area (Å²) >= 11 is 0. The molecule has 0 bridgehead atoms. The van der Waals surface area contributed by atoms with E-state index in [1.54, 1.807) is 0 Å². The number of nitrogen functional groups attached to an aromatic ring is 1. The van der Waals surface area contributed by atoms with Crippen molar-refractivity contribution in [3.05, 3.63) is 65.5 Å². The van der Waals surface area contributed by atoms with Crippen LogP contribution >= 0.6 is 0 Å². The van der Waals surface area contributed by atoms with Gasteiger partial charge in [-0.15, -0.1) is 0 Å². The lowest BCUT2D eigenvalue weighted by molar-refractivity contribution is 0.0344. The van der Waals surface area contributed by atoms with Crippen LogP contribution in [0.5, 0.6) is 0 Å². The third kappa shape index (κ3) is 3.38. The molecular formula is C21H20N4O. The van der Waals surface area contributed by atoms with E-state index in [4.69, 9.17) is 22.0 Å². The minimum Gasteiger partial charge on any atom is -0.399 e. The maximum absolute atomic E-state index is 7.28. The first-order chi connectivity index (χ1) is 12.7. The monoisotopic (exact) mass is 344 g/mol. The molecule has 0 atom stereocenters. The minimum absolute atomic E-state index is 0.608. The van der Waals surface area contributed by atoms with Gasteiger partial charge in [-0.05, 0) is 29.8 Å². The molecule has 1 aliphatic heterocycles. The number of benzene rings is 2. The van der Waals surface area contributed by atoms with Crippen molar-refractivity contribution in [2.45, 2.75) is 6.54 Å². The van der Waals surface area contributed by atoms with Crippen molar-refractivity contribution in [2.24, 2.45) is 0 Å². The average Bonchev–Trinajstić information content (AvgIpc) is 2.68. The molecule has 0 amide bonds. The Kier molecular flexibility index (Phi) is 4.53. The molecule has 1 aromatic heterocycles. The fraction of sp³-hybridized carbons (Fsp3) is 0.238. The Morgan fingerprint density at radius 1 is 1.08 bits per heavy atom. The first-order valence-electron chi connectivity index (χ1n) is 8.70. The Morgan fingerprint density at radius 2 is 1.85 bits per heavy atom. The molecule has 2 heterocycles. The van der Waals surface area contributed by atoms with Gasteiger partial charge in [0.15, 0.2) is 5.69 Å². The van der Waals surface area contributed by atoms with Gasteiger partial charge in [0.05, 0.1) is 31.0 Å². The molecule has 26 heavy (non-hydrogen) atoms. The molecule has 0 saturated carbocycles. The van der Waals surface area contributed by atoms with Crippen LogP contribution in [0, 0.1) is 6.57 Å². The lowest BCUT2D eigenvalue weighted by atomic mass is 10.0. The fourth-order valence-corrected chi connectivity index (χ4v) is 3.29. The zero-order valence-corrected chi connectivity index (χ0v) is 14.5. The van der Waals surface area contributed by atoms with E-state index in [-0.39, 0.29) is 0 Å². The molecule has 2 N–H and O–H groups in total. The van der Waals surface area contributed by atoms with Crippen molar-refractivity contribution in [3.63, 3.8) is 0 Å². The summed E-state index contributed by atoms with van der Waals surface area (Å²) in [7, 11) is 0. The van der Waals surface area contributed by atoms with Gasteiger partial charge in [0, 0.05) is 36.3 Å². The predicted molar refractivity (Wildman–Crippen MR) is 104 cm³/mol. The third-order valence-electron chi connectivity index (χ3n) is 4.71. The molecule has 0 spiro atoms. The van der Waals surface area contributed by atoms with Crippen LogP contribution < -0.4 is 5.73 Å². The fourth-order valence-electron chi connectivity index (χ4n) is 3.29. The largest absolute Gasteiger partial charge is 0.399 e. The number of pyridine rings is 1. The van der Waals surface area contributed by atoms with Gasteiger partial charge in [0.25, 0.3) is 0 Å². The molecule has 130 valence electrons. The maximum Gasteiger partial charge on any atom is 0.189 e. The summed E-state index contributed by atoms with van der Waals surface area (Å²) in [5.41, 5.74) is 11.2. The van der Waals surface area contributed by atoms with Gasteiger partial charge >= 0.3 is 0 Å². The van der Waals surface area contributed by atoms with E-state index >= 15 is 0 Å². The number of rotatable bonds is 3. The van der Waals surface area contributed by atoms with Crippen LogP contribution in [0.2, 0.25) is 0 Å². The summed E-state index contributed by atoms with van der Waals surface area (Å²) in [6, 6.07) is 15.6. The molecule has 1 aliphatic rings. The van der Waals surface area contributed by atoms with Crippen LogP contribution in [-0.4, -0.2) is 36.2 Å². The number of fused-ring (bicyclic) bond motifs is 1. The van der Waals surface area contributed by atoms with Crippen LogP contribution in [0.25, 0.3) is 27.0 Å². The van der Waals surface area contributed by atoms with Gasteiger partial charge in [-0.2, -0.15) is 0 Å². The number of hydrogen-bond acceptors (Lipinski definition) is 4. The summed E-state index contributed by atoms with van der Waals surface area (Å²) < 4.78 is 5.46. The number of nitrogens with zero attached hydrogens (tertiary/aromatic N) is 3. The van der Waals surface area contributed by atoms with Gasteiger partial charge in [-0.25, -0.2) is 9.83 Å². The summed E-state index contributed by atoms with van der Waals surface area (Å²) in [4.78, 5) is 10.8. The first-order valence-corrected chi connectivity index (χ1v) is 8.70. The standard InChI is InChI=1S/C21H20N4O/c1-23-18-6-7-19-16(14-25-8-10-26-11-9-25)12-20(24-21(19)13-18)15-2-4-17(22)5-3-15/h2-7,12-13H,8-11,14,22H2. The highest BCUT2D eigenvalue weighted by molar-refractivity contribution is 5.88. The predicted octanol–water partition coefficient (Wildman–Crippen LogP) is 3.87. The molecule has 1 saturated heterocycles. The molecule has 1 fully saturated rings. The molecule has 2 aromatic carbocycles. The van der Waals surface area contributed by atoms with Crippen LogP contribution in [0.15, 0.2) is 48.5 Å². The van der Waals surface area contributed by atoms with Crippen molar-refractivity contribution in [2.75, 3.05) is 32.0 Å². The van der Waals surface area contributed by atoms with E-state index in [2.05, 4.69) is 15.8 Å². The number of anilines is 1. The Morgan fingerprint density at radius 3 is 2.58 bits per heavy atom. The second-order valence-electron chi connectivity index (χ2n) is 6.49. The second-order valence-corrected chi connectivity index (χ2v) is 6.49. The number of aromatic nitrogens is 1. The molecule has 0 aliphatic carbocycles. The van der Waals surface area contributed by atoms with E-state index in [0.717, 1.165) is 60.7 Å². The Hall–Kier alpha value is -2.94. The van der Waals surface area contributed by atoms with E-state index in [1.165, 1.54) is 5.56 Å². The molecule has 5 heteroatoms. The third-order valence-corrected chi connectivity index (χ3v) is 4.71. The van der Waals surface area contributed by atoms with E-state index in [0.29, 0.717) is 5.69 Å². The van der Waals surface area contributed by atoms with E-state index in [9.17, 15) is 0 Å². The number of morpholine rings is 1. The number of nitrogens with two attached hydrogens (primary N) is 1. The Bertz CT molecular complexity index is 970. The van der Waals surface area contributed by atoms with Crippen molar-refractivity contribution in [3.8, 4) is 11.3 Å². The number of ether oxygens (including phenoxy) is 1. The summed E-state index contributed by atoms with van der Waals surface area (Å²) in [6.45, 7) is 11.5. The number of hydrogen-bond donors (Lipinski definition) is 1. The van der Waals surface area contributed by atoms with E-state index in [1.807, 2.05) is 42.5 Å². The highest BCUT2D eigenvalue weighted by Crippen LogP contribution is 2.29. The lowest BCUT2D eigenvalue weighted by Gasteiger charge is -2.27. The second kappa shape index (κ2) is 7.12. The summed E-state index contributed by atoms with van der Waals surface area (Å²) in [5.74, 6) is 0. The first kappa shape index (κ1) is 16.5. The molecule has 4 rings (SSSR count). The summed E-state index contributed by atoms with van der Waals surface area (Å²) in [6.07, 6.45) is 0. The smallest absolute Gasteiger partial charge is 0.189 e. The lowest BCUT2D eigenvalue weighted by Crippen LogP contribution is -2.35. The summed E-state index contributed by atoms with van der Waals surface area (Å²) in [5, 5.41) is 1.10. The van der Waals surface area contributed by atoms with Gasteiger partial charge < -0.3 is 10.5 Å². The van der Waals surface area contributed by atoms with Gasteiger partial charge in [0.2, 0.25) is 0 Å². The van der Waals surface area contributed by atoms with Gasteiger partial charge in [0.1, 0.15) is 0 Å². The van der Waals surface area contributed by atoms with Crippen LogP contribution in [-0.2, 0) is 11.3 Å². The molecule has 3 aromatic rings. The van der Waals surface area contributed by atoms with Crippen LogP contribution in [0.4, 0.5) is 11.4 Å². The van der Waals surface area contributed by atoms with Crippen LogP contribution in [0.1, 0.15) is 5.56 Å². The Labute approximate surface area is 152 Å². The highest BCUT2D eigenvalue weighted by atomic mass is 16.5. The van der Waals surface area contributed by atoms with Gasteiger partial charge in [-0.3, -0.25) is 4.90 Å². The quantitative estimate of drug-likeness (QED) is 0.579. The average molecular weight is 344 g/mol. The molecular weight excluding hydrogens is 324 g/mol. The SMILES string of the molecule is [C-]#[N+]c1ccc2c(CN3CCOCC3)cc(-c3ccc(N)cc3)nc2c1. The zero-order valence-electron chi connectivity index (χ0n) is 14.5. The van der Waals surface area contributed by atoms with E-state index < -0.39 is 0 Å². The minimum atomic E-state index is 0.608. The zero-order chi connectivity index (χ0) is 17.9. The normalized spacial score (nSPS) is 15.0. The molecule has 0 radical (unpaired) electrons. The molecule has 0 unspecified atom stereocenters. The van der Waals surface area contributed by atoms with Crippen molar-refractivity contribution in [1.82, 2.24) is 9.88 Å². The van der Waals surface area contributed by atoms with Gasteiger partial charge in [-0.1, -0.05) is 24.3 Å². The maximum atomic E-state index is 7.28. The van der Waals surface area contributed by atoms with Crippen molar-refractivity contribution < 1.29 is 4.74 Å².